The molecule has 18 heavy (non-hydrogen) atoms. The molecular weight excluding hydrogens is 296 g/mol. The molecular formula is C14H19BrO3. The molecule has 1 aliphatic rings. The van der Waals surface area contributed by atoms with Gasteiger partial charge in [0.05, 0.1) is 20.3 Å². The van der Waals surface area contributed by atoms with Gasteiger partial charge in [-0.1, -0.05) is 13.0 Å². The van der Waals surface area contributed by atoms with Crippen LogP contribution in [0.5, 0.6) is 11.5 Å². The Morgan fingerprint density at radius 2 is 2.06 bits per heavy atom. The molecule has 0 saturated heterocycles. The van der Waals surface area contributed by atoms with Crippen molar-refractivity contribution in [1.82, 2.24) is 0 Å². The average molecular weight is 315 g/mol. The number of aliphatic hydroxyl groups is 1. The largest absolute Gasteiger partial charge is 0.495 e. The van der Waals surface area contributed by atoms with Crippen molar-refractivity contribution < 1.29 is 14.6 Å². The van der Waals surface area contributed by atoms with Gasteiger partial charge in [0.25, 0.3) is 0 Å². The molecule has 0 bridgehead atoms. The predicted molar refractivity (Wildman–Crippen MR) is 74.5 cm³/mol. The van der Waals surface area contributed by atoms with Crippen molar-refractivity contribution >= 4 is 15.9 Å². The molecule has 3 nitrogen and oxygen atoms in total. The van der Waals surface area contributed by atoms with E-state index in [4.69, 9.17) is 9.47 Å². The van der Waals surface area contributed by atoms with E-state index >= 15 is 0 Å². The van der Waals surface area contributed by atoms with Gasteiger partial charge in [-0.2, -0.15) is 0 Å². The summed E-state index contributed by atoms with van der Waals surface area (Å²) >= 11 is 3.53. The van der Waals surface area contributed by atoms with Crippen molar-refractivity contribution in [2.24, 2.45) is 0 Å². The van der Waals surface area contributed by atoms with Crippen LogP contribution < -0.4 is 9.47 Å². The van der Waals surface area contributed by atoms with Gasteiger partial charge in [0, 0.05) is 5.56 Å². The first-order valence-electron chi connectivity index (χ1n) is 6.11. The van der Waals surface area contributed by atoms with Crippen LogP contribution in [0.4, 0.5) is 0 Å². The zero-order valence-corrected chi connectivity index (χ0v) is 12.6. The Morgan fingerprint density at radius 3 is 2.56 bits per heavy atom. The van der Waals surface area contributed by atoms with Gasteiger partial charge in [-0.05, 0) is 46.7 Å². The molecule has 1 N–H and O–H groups in total. The van der Waals surface area contributed by atoms with Crippen LogP contribution in [-0.4, -0.2) is 25.4 Å². The number of rotatable bonds is 3. The lowest BCUT2D eigenvalue weighted by Gasteiger charge is -2.27. The van der Waals surface area contributed by atoms with Crippen LogP contribution in [0.3, 0.4) is 0 Å². The van der Waals surface area contributed by atoms with Crippen molar-refractivity contribution in [3.05, 3.63) is 22.2 Å². The fourth-order valence-electron chi connectivity index (χ4n) is 2.82. The van der Waals surface area contributed by atoms with Gasteiger partial charge in [0.1, 0.15) is 16.0 Å². The first-order valence-corrected chi connectivity index (χ1v) is 6.90. The fraction of sp³-hybridized carbons (Fsp3) is 0.571. The number of methoxy groups -OCH3 is 2. The molecule has 1 aromatic rings. The van der Waals surface area contributed by atoms with E-state index in [9.17, 15) is 5.11 Å². The van der Waals surface area contributed by atoms with E-state index in [1.165, 1.54) is 0 Å². The number of benzene rings is 1. The van der Waals surface area contributed by atoms with Crippen LogP contribution >= 0.6 is 15.9 Å². The third-order valence-corrected chi connectivity index (χ3v) is 4.60. The van der Waals surface area contributed by atoms with Crippen molar-refractivity contribution in [2.75, 3.05) is 14.2 Å². The van der Waals surface area contributed by atoms with Gasteiger partial charge in [0.15, 0.2) is 0 Å². The minimum atomic E-state index is -0.208. The lowest BCUT2D eigenvalue weighted by Crippen LogP contribution is -2.20. The second-order valence-corrected chi connectivity index (χ2v) is 5.91. The van der Waals surface area contributed by atoms with Gasteiger partial charge in [-0.25, -0.2) is 0 Å². The molecule has 0 heterocycles. The number of ether oxygens (including phenoxy) is 2. The van der Waals surface area contributed by atoms with Gasteiger partial charge >= 0.3 is 0 Å². The van der Waals surface area contributed by atoms with Gasteiger partial charge in [-0.3, -0.25) is 0 Å². The zero-order chi connectivity index (χ0) is 13.3. The Kier molecular flexibility index (Phi) is 3.87. The molecule has 100 valence electrons. The molecule has 1 fully saturated rings. The minimum Gasteiger partial charge on any atom is -0.495 e. The van der Waals surface area contributed by atoms with Crippen LogP contribution in [-0.2, 0) is 5.41 Å². The molecule has 0 aromatic heterocycles. The molecule has 0 amide bonds. The standard InChI is InChI=1S/C14H19BrO3/c1-14(7-6-9(16)8-14)10-4-5-11(17-2)12(15)13(10)18-3/h4-5,9,16H,6-8H2,1-3H3. The summed E-state index contributed by atoms with van der Waals surface area (Å²) < 4.78 is 11.6. The summed E-state index contributed by atoms with van der Waals surface area (Å²) in [5.74, 6) is 1.57. The average Bonchev–Trinajstić information content (AvgIpc) is 2.70. The van der Waals surface area contributed by atoms with E-state index in [0.29, 0.717) is 0 Å². The Hall–Kier alpha value is -0.740. The van der Waals surface area contributed by atoms with Gasteiger partial charge in [-0.15, -0.1) is 0 Å². The van der Waals surface area contributed by atoms with Crippen LogP contribution in [0.15, 0.2) is 16.6 Å². The highest BCUT2D eigenvalue weighted by atomic mass is 79.9. The van der Waals surface area contributed by atoms with Crippen LogP contribution in [0, 0.1) is 0 Å². The first kappa shape index (κ1) is 13.7. The molecule has 1 aromatic carbocycles. The zero-order valence-electron chi connectivity index (χ0n) is 11.0. The van der Waals surface area contributed by atoms with E-state index in [-0.39, 0.29) is 11.5 Å². The van der Waals surface area contributed by atoms with Crippen molar-refractivity contribution in [3.63, 3.8) is 0 Å². The summed E-state index contributed by atoms with van der Waals surface area (Å²) in [6.07, 6.45) is 2.40. The van der Waals surface area contributed by atoms with Crippen LogP contribution in [0.25, 0.3) is 0 Å². The fourth-order valence-corrected chi connectivity index (χ4v) is 3.49. The predicted octanol–water partition coefficient (Wildman–Crippen LogP) is 3.27. The Labute approximate surface area is 116 Å². The molecule has 0 aliphatic heterocycles. The number of hydrogen-bond donors (Lipinski definition) is 1. The lowest BCUT2D eigenvalue weighted by molar-refractivity contribution is 0.175. The lowest BCUT2D eigenvalue weighted by atomic mass is 9.80. The molecule has 4 heteroatoms. The maximum Gasteiger partial charge on any atom is 0.140 e. The summed E-state index contributed by atoms with van der Waals surface area (Å²) in [6, 6.07) is 3.98. The normalized spacial score (nSPS) is 27.3. The summed E-state index contributed by atoms with van der Waals surface area (Å²) in [4.78, 5) is 0. The van der Waals surface area contributed by atoms with E-state index in [1.807, 2.05) is 12.1 Å². The van der Waals surface area contributed by atoms with Crippen molar-refractivity contribution in [3.8, 4) is 11.5 Å². The second-order valence-electron chi connectivity index (χ2n) is 5.12. The van der Waals surface area contributed by atoms with Crippen molar-refractivity contribution in [1.29, 1.82) is 0 Å². The highest BCUT2D eigenvalue weighted by Crippen LogP contribution is 2.48. The molecule has 1 aliphatic carbocycles. The molecule has 1 saturated carbocycles. The first-order chi connectivity index (χ1) is 8.51. The third kappa shape index (κ3) is 2.24. The third-order valence-electron chi connectivity index (χ3n) is 3.85. The summed E-state index contributed by atoms with van der Waals surface area (Å²) in [7, 11) is 3.30. The van der Waals surface area contributed by atoms with E-state index in [2.05, 4.69) is 22.9 Å². The second kappa shape index (κ2) is 5.10. The van der Waals surface area contributed by atoms with Crippen molar-refractivity contribution in [2.45, 2.75) is 37.7 Å². The smallest absolute Gasteiger partial charge is 0.140 e. The monoisotopic (exact) mass is 314 g/mol. The minimum absolute atomic E-state index is 0.0282. The van der Waals surface area contributed by atoms with Crippen LogP contribution in [0.1, 0.15) is 31.7 Å². The van der Waals surface area contributed by atoms with E-state index in [1.54, 1.807) is 14.2 Å². The van der Waals surface area contributed by atoms with E-state index < -0.39 is 0 Å². The summed E-state index contributed by atoms with van der Waals surface area (Å²) in [6.45, 7) is 2.18. The molecule has 2 rings (SSSR count). The van der Waals surface area contributed by atoms with Crippen LogP contribution in [0.2, 0.25) is 0 Å². The Morgan fingerprint density at radius 1 is 1.33 bits per heavy atom. The van der Waals surface area contributed by atoms with Gasteiger partial charge in [0.2, 0.25) is 0 Å². The Bertz CT molecular complexity index is 447. The topological polar surface area (TPSA) is 38.7 Å². The summed E-state index contributed by atoms with van der Waals surface area (Å²) in [5, 5.41) is 9.78. The molecule has 0 radical (unpaired) electrons. The molecule has 2 atom stereocenters. The Balaban J connectivity index is 2.48. The molecule has 0 spiro atoms. The summed E-state index contributed by atoms with van der Waals surface area (Å²) in [5.41, 5.74) is 1.11. The maximum absolute atomic E-state index is 9.78. The van der Waals surface area contributed by atoms with Gasteiger partial charge < -0.3 is 14.6 Å². The number of halogens is 1. The quantitative estimate of drug-likeness (QED) is 0.930. The molecule has 2 unspecified atom stereocenters. The highest BCUT2D eigenvalue weighted by Gasteiger charge is 2.38. The number of hydrogen-bond acceptors (Lipinski definition) is 3. The highest BCUT2D eigenvalue weighted by molar-refractivity contribution is 9.10. The SMILES string of the molecule is COc1ccc(C2(C)CCC(O)C2)c(OC)c1Br. The number of aliphatic hydroxyl groups excluding tert-OH is 1. The van der Waals surface area contributed by atoms with E-state index in [0.717, 1.165) is 40.8 Å². The maximum atomic E-state index is 9.78.